The molecule has 0 aliphatic carbocycles. The Balaban J connectivity index is 1.72. The molecule has 0 unspecified atom stereocenters. The van der Waals surface area contributed by atoms with Crippen molar-refractivity contribution in [2.75, 3.05) is 6.54 Å². The Morgan fingerprint density at radius 2 is 2.04 bits per heavy atom. The number of hydrogen-bond donors (Lipinski definition) is 1. The van der Waals surface area contributed by atoms with Crippen LogP contribution in [-0.2, 0) is 4.74 Å². The molecule has 0 radical (unpaired) electrons. The topological polar surface area (TPSA) is 58.2 Å². The van der Waals surface area contributed by atoms with Crippen LogP contribution in [0, 0.1) is 15.4 Å². The van der Waals surface area contributed by atoms with Crippen molar-refractivity contribution in [2.24, 2.45) is 0 Å². The lowest BCUT2D eigenvalue weighted by molar-refractivity contribution is 0.0218. The van der Waals surface area contributed by atoms with Crippen LogP contribution in [0.4, 0.5) is 4.79 Å². The van der Waals surface area contributed by atoms with E-state index in [1.165, 1.54) is 3.57 Å². The first kappa shape index (κ1) is 18.8. The number of hydrogen-bond acceptors (Lipinski definition) is 3. The van der Waals surface area contributed by atoms with Crippen LogP contribution >= 0.6 is 22.6 Å². The number of benzene rings is 1. The highest BCUT2D eigenvalue weighted by atomic mass is 127. The summed E-state index contributed by atoms with van der Waals surface area (Å²) in [6.45, 7) is 6.31. The molecule has 1 fully saturated rings. The molecule has 1 N–H and O–H groups in total. The number of aromatic amines is 1. The lowest BCUT2D eigenvalue weighted by atomic mass is 10.2. The van der Waals surface area contributed by atoms with Gasteiger partial charge in [-0.2, -0.15) is 0 Å². The third-order valence-electron chi connectivity index (χ3n) is 3.98. The van der Waals surface area contributed by atoms with Gasteiger partial charge in [0.05, 0.1) is 12.2 Å². The number of H-pyrrole nitrogens is 1. The number of amides is 1. The van der Waals surface area contributed by atoms with E-state index in [0.29, 0.717) is 6.54 Å². The Bertz CT molecular complexity index is 840. The van der Waals surface area contributed by atoms with Crippen LogP contribution in [0.2, 0.25) is 0 Å². The third-order valence-corrected chi connectivity index (χ3v) is 4.70. The van der Waals surface area contributed by atoms with Crippen LogP contribution in [0.25, 0.3) is 0 Å². The van der Waals surface area contributed by atoms with Crippen LogP contribution < -0.4 is 0 Å². The number of nitrogens with one attached hydrogen (secondary N) is 1. The number of halogens is 1. The number of aromatic nitrogens is 2. The van der Waals surface area contributed by atoms with Gasteiger partial charge in [-0.15, -0.1) is 0 Å². The van der Waals surface area contributed by atoms with Gasteiger partial charge < -0.3 is 9.72 Å². The van der Waals surface area contributed by atoms with Gasteiger partial charge in [0.1, 0.15) is 17.1 Å². The average Bonchev–Trinajstić information content (AvgIpc) is 3.21. The normalized spacial score (nSPS) is 16.9. The van der Waals surface area contributed by atoms with Crippen molar-refractivity contribution >= 4 is 28.7 Å². The summed E-state index contributed by atoms with van der Waals surface area (Å²) in [7, 11) is 0. The maximum atomic E-state index is 12.4. The fourth-order valence-electron chi connectivity index (χ4n) is 2.83. The van der Waals surface area contributed by atoms with Crippen molar-refractivity contribution in [1.29, 1.82) is 0 Å². The molecule has 1 saturated heterocycles. The van der Waals surface area contributed by atoms with Gasteiger partial charge in [-0.1, -0.05) is 5.92 Å². The summed E-state index contributed by atoms with van der Waals surface area (Å²) < 4.78 is 6.69. The molecule has 3 rings (SSSR count). The summed E-state index contributed by atoms with van der Waals surface area (Å²) in [4.78, 5) is 21.9. The quantitative estimate of drug-likeness (QED) is 0.501. The van der Waals surface area contributed by atoms with Crippen LogP contribution in [0.15, 0.2) is 30.5 Å². The van der Waals surface area contributed by atoms with Gasteiger partial charge in [0.2, 0.25) is 0 Å². The maximum absolute atomic E-state index is 12.4. The van der Waals surface area contributed by atoms with Gasteiger partial charge in [0.15, 0.2) is 0 Å². The second-order valence-electron chi connectivity index (χ2n) is 7.27. The third kappa shape index (κ3) is 4.79. The standard InChI is InChI=1S/C20H22IN3O2/c1-20(2,3)26-19(25)24-12-4-5-17(24)18-22-13-16(23-18)11-8-14-6-9-15(21)10-7-14/h6-7,9-10,13,17H,4-5,12H2,1-3H3,(H,22,23)/t17-/m0/s1. The van der Waals surface area contributed by atoms with Crippen molar-refractivity contribution < 1.29 is 9.53 Å². The monoisotopic (exact) mass is 463 g/mol. The minimum atomic E-state index is -0.502. The fourth-order valence-corrected chi connectivity index (χ4v) is 3.19. The molecule has 1 aromatic carbocycles. The van der Waals surface area contributed by atoms with E-state index >= 15 is 0 Å². The first-order valence-corrected chi connectivity index (χ1v) is 9.72. The number of rotatable bonds is 1. The van der Waals surface area contributed by atoms with E-state index < -0.39 is 5.60 Å². The zero-order valence-corrected chi connectivity index (χ0v) is 17.3. The van der Waals surface area contributed by atoms with Crippen LogP contribution in [-0.4, -0.2) is 33.1 Å². The number of ether oxygens (including phenoxy) is 1. The van der Waals surface area contributed by atoms with E-state index in [-0.39, 0.29) is 12.1 Å². The van der Waals surface area contributed by atoms with Gasteiger partial charge >= 0.3 is 6.09 Å². The summed E-state index contributed by atoms with van der Waals surface area (Å²) in [5.74, 6) is 6.99. The molecule has 1 amide bonds. The van der Waals surface area contributed by atoms with E-state index in [2.05, 4.69) is 44.4 Å². The molecule has 0 saturated carbocycles. The molecule has 5 nitrogen and oxygen atoms in total. The Morgan fingerprint density at radius 1 is 1.31 bits per heavy atom. The van der Waals surface area contributed by atoms with Gasteiger partial charge in [0.25, 0.3) is 0 Å². The van der Waals surface area contributed by atoms with E-state index in [0.717, 1.165) is 29.9 Å². The van der Waals surface area contributed by atoms with Gasteiger partial charge in [-0.25, -0.2) is 9.78 Å². The zero-order chi connectivity index (χ0) is 18.7. The molecule has 0 bridgehead atoms. The predicted molar refractivity (Wildman–Crippen MR) is 109 cm³/mol. The smallest absolute Gasteiger partial charge is 0.410 e. The Kier molecular flexibility index (Phi) is 5.56. The molecule has 1 aromatic heterocycles. The van der Waals surface area contributed by atoms with E-state index in [4.69, 9.17) is 4.74 Å². The Hall–Kier alpha value is -2.01. The molecule has 1 atom stereocenters. The van der Waals surface area contributed by atoms with Crippen LogP contribution in [0.3, 0.4) is 0 Å². The minimum absolute atomic E-state index is 0.0845. The zero-order valence-electron chi connectivity index (χ0n) is 15.2. The fraction of sp³-hybridized carbons (Fsp3) is 0.400. The largest absolute Gasteiger partial charge is 0.444 e. The average molecular weight is 463 g/mol. The van der Waals surface area contributed by atoms with Crippen molar-refractivity contribution in [2.45, 2.75) is 45.3 Å². The predicted octanol–water partition coefficient (Wildman–Crippen LogP) is 4.49. The van der Waals surface area contributed by atoms with Crippen molar-refractivity contribution in [3.8, 4) is 11.8 Å². The first-order valence-electron chi connectivity index (χ1n) is 8.64. The van der Waals surface area contributed by atoms with E-state index in [9.17, 15) is 4.79 Å². The molecule has 26 heavy (non-hydrogen) atoms. The van der Waals surface area contributed by atoms with E-state index in [1.54, 1.807) is 11.1 Å². The number of likely N-dealkylation sites (tertiary alicyclic amines) is 1. The van der Waals surface area contributed by atoms with Gasteiger partial charge in [-0.3, -0.25) is 4.90 Å². The molecule has 2 aromatic rings. The molecule has 6 heteroatoms. The SMILES string of the molecule is CC(C)(C)OC(=O)N1CCC[C@H]1c1ncc(C#Cc2ccc(I)cc2)[nH]1. The Labute approximate surface area is 167 Å². The molecular formula is C20H22IN3O2. The number of imidazole rings is 1. The maximum Gasteiger partial charge on any atom is 0.410 e. The molecule has 1 aliphatic heterocycles. The summed E-state index contributed by atoms with van der Waals surface area (Å²) >= 11 is 2.27. The highest BCUT2D eigenvalue weighted by molar-refractivity contribution is 14.1. The summed E-state index contributed by atoms with van der Waals surface area (Å²) in [6, 6.07) is 7.96. The minimum Gasteiger partial charge on any atom is -0.444 e. The molecule has 1 aliphatic rings. The molecule has 2 heterocycles. The molecule has 0 spiro atoms. The molecule has 136 valence electrons. The van der Waals surface area contributed by atoms with Gasteiger partial charge in [-0.05, 0) is 86.4 Å². The second-order valence-corrected chi connectivity index (χ2v) is 8.52. The van der Waals surface area contributed by atoms with E-state index in [1.807, 2.05) is 45.0 Å². The molecular weight excluding hydrogens is 441 g/mol. The summed E-state index contributed by atoms with van der Waals surface area (Å²) in [5.41, 5.74) is 1.20. The lowest BCUT2D eigenvalue weighted by Crippen LogP contribution is -2.36. The summed E-state index contributed by atoms with van der Waals surface area (Å²) in [6.07, 6.45) is 3.24. The first-order chi connectivity index (χ1) is 12.3. The van der Waals surface area contributed by atoms with Crippen LogP contribution in [0.1, 0.15) is 56.7 Å². The second kappa shape index (κ2) is 7.70. The lowest BCUT2D eigenvalue weighted by Gasteiger charge is -2.27. The van der Waals surface area contributed by atoms with Crippen molar-refractivity contribution in [1.82, 2.24) is 14.9 Å². The highest BCUT2D eigenvalue weighted by Gasteiger charge is 2.34. The van der Waals surface area contributed by atoms with Crippen molar-refractivity contribution in [3.63, 3.8) is 0 Å². The number of carbonyl (C=O) groups excluding carboxylic acids is 1. The highest BCUT2D eigenvalue weighted by Crippen LogP contribution is 2.31. The Morgan fingerprint density at radius 3 is 2.73 bits per heavy atom. The number of carbonyl (C=O) groups is 1. The summed E-state index contributed by atoms with van der Waals surface area (Å²) in [5, 5.41) is 0. The van der Waals surface area contributed by atoms with Crippen molar-refractivity contribution in [3.05, 3.63) is 51.1 Å². The van der Waals surface area contributed by atoms with Gasteiger partial charge in [0, 0.05) is 15.7 Å². The number of nitrogens with zero attached hydrogens (tertiary/aromatic N) is 2. The van der Waals surface area contributed by atoms with Crippen LogP contribution in [0.5, 0.6) is 0 Å².